The van der Waals surface area contributed by atoms with Gasteiger partial charge in [-0.2, -0.15) is 0 Å². The maximum Gasteiger partial charge on any atom is 0.407 e. The maximum atomic E-state index is 12.6. The van der Waals surface area contributed by atoms with Crippen LogP contribution in [0.25, 0.3) is 6.08 Å². The van der Waals surface area contributed by atoms with Gasteiger partial charge in [-0.1, -0.05) is 27.4 Å². The SMILES string of the molecule is C=Cc1nc(Br)c(C(=O)NC2CN(C(=O)O)C2C(C)(C)C)n1C. The predicted octanol–water partition coefficient (Wildman–Crippen LogP) is 2.33. The number of carbonyl (C=O) groups is 2. The van der Waals surface area contributed by atoms with Crippen LogP contribution in [-0.4, -0.2) is 50.2 Å². The molecule has 2 heterocycles. The van der Waals surface area contributed by atoms with E-state index in [1.807, 2.05) is 20.8 Å². The third-order valence-corrected chi connectivity index (χ3v) is 4.60. The van der Waals surface area contributed by atoms with Crippen LogP contribution in [0.1, 0.15) is 37.1 Å². The van der Waals surface area contributed by atoms with Crippen LogP contribution in [0, 0.1) is 5.41 Å². The summed E-state index contributed by atoms with van der Waals surface area (Å²) >= 11 is 3.28. The van der Waals surface area contributed by atoms with Crippen molar-refractivity contribution in [3.05, 3.63) is 22.7 Å². The van der Waals surface area contributed by atoms with Crippen LogP contribution < -0.4 is 5.32 Å². The van der Waals surface area contributed by atoms with Crippen LogP contribution in [0.3, 0.4) is 0 Å². The second-order valence-electron chi connectivity index (χ2n) is 6.70. The van der Waals surface area contributed by atoms with E-state index in [-0.39, 0.29) is 30.0 Å². The summed E-state index contributed by atoms with van der Waals surface area (Å²) in [5.74, 6) is 0.291. The number of amides is 2. The van der Waals surface area contributed by atoms with Crippen LogP contribution in [0.15, 0.2) is 11.2 Å². The first-order valence-electron chi connectivity index (χ1n) is 7.23. The Balaban J connectivity index is 2.19. The third kappa shape index (κ3) is 3.12. The van der Waals surface area contributed by atoms with Gasteiger partial charge in [0.1, 0.15) is 16.1 Å². The summed E-state index contributed by atoms with van der Waals surface area (Å²) in [5.41, 5.74) is 0.117. The van der Waals surface area contributed by atoms with E-state index in [9.17, 15) is 14.7 Å². The number of hydrogen-bond donors (Lipinski definition) is 2. The lowest BCUT2D eigenvalue weighted by atomic mass is 9.76. The van der Waals surface area contributed by atoms with Crippen molar-refractivity contribution >= 4 is 34.0 Å². The first-order valence-corrected chi connectivity index (χ1v) is 8.02. The van der Waals surface area contributed by atoms with Gasteiger partial charge in [0, 0.05) is 13.6 Å². The largest absolute Gasteiger partial charge is 0.465 e. The van der Waals surface area contributed by atoms with Gasteiger partial charge >= 0.3 is 6.09 Å². The summed E-state index contributed by atoms with van der Waals surface area (Å²) in [6.07, 6.45) is 0.598. The number of rotatable bonds is 3. The van der Waals surface area contributed by atoms with Gasteiger partial charge in [0.05, 0.1) is 12.1 Å². The third-order valence-electron chi connectivity index (χ3n) is 4.04. The quantitative estimate of drug-likeness (QED) is 0.836. The molecule has 1 aromatic rings. The molecule has 2 unspecified atom stereocenters. The molecular weight excluding hydrogens is 364 g/mol. The molecule has 126 valence electrons. The first-order chi connectivity index (χ1) is 10.6. The van der Waals surface area contributed by atoms with Gasteiger partial charge < -0.3 is 19.9 Å². The Labute approximate surface area is 143 Å². The Kier molecular flexibility index (Phi) is 4.57. The minimum atomic E-state index is -0.967. The smallest absolute Gasteiger partial charge is 0.407 e. The van der Waals surface area contributed by atoms with Gasteiger partial charge in [0.15, 0.2) is 0 Å². The lowest BCUT2D eigenvalue weighted by molar-refractivity contribution is -0.0108. The zero-order chi connectivity index (χ0) is 17.5. The van der Waals surface area contributed by atoms with Crippen molar-refractivity contribution in [1.29, 1.82) is 0 Å². The predicted molar refractivity (Wildman–Crippen MR) is 90.2 cm³/mol. The summed E-state index contributed by atoms with van der Waals surface area (Å²) < 4.78 is 2.08. The number of halogens is 1. The van der Waals surface area contributed by atoms with Gasteiger partial charge in [0.25, 0.3) is 5.91 Å². The molecule has 2 rings (SSSR count). The summed E-state index contributed by atoms with van der Waals surface area (Å²) in [6.45, 7) is 9.82. The Hall–Kier alpha value is -1.83. The van der Waals surface area contributed by atoms with Gasteiger partial charge in [-0.3, -0.25) is 4.79 Å². The molecule has 1 aromatic heterocycles. The van der Waals surface area contributed by atoms with Crippen LogP contribution in [-0.2, 0) is 7.05 Å². The maximum absolute atomic E-state index is 12.6. The fourth-order valence-electron chi connectivity index (χ4n) is 3.04. The summed E-state index contributed by atoms with van der Waals surface area (Å²) in [7, 11) is 1.73. The molecule has 1 aliphatic heterocycles. The fourth-order valence-corrected chi connectivity index (χ4v) is 3.67. The second kappa shape index (κ2) is 5.99. The Morgan fingerprint density at radius 3 is 2.52 bits per heavy atom. The van der Waals surface area contributed by atoms with E-state index in [1.165, 1.54) is 4.90 Å². The Morgan fingerprint density at radius 2 is 2.09 bits per heavy atom. The van der Waals surface area contributed by atoms with Gasteiger partial charge in [-0.15, -0.1) is 0 Å². The van der Waals surface area contributed by atoms with Gasteiger partial charge in [-0.25, -0.2) is 9.78 Å². The minimum absolute atomic E-state index is 0.229. The summed E-state index contributed by atoms with van der Waals surface area (Å²) in [6, 6.07) is -0.498. The number of hydrogen-bond acceptors (Lipinski definition) is 3. The first kappa shape index (κ1) is 17.5. The number of carbonyl (C=O) groups excluding carboxylic acids is 1. The van der Waals surface area contributed by atoms with Crippen molar-refractivity contribution in [2.24, 2.45) is 12.5 Å². The number of nitrogens with zero attached hydrogens (tertiary/aromatic N) is 3. The summed E-state index contributed by atoms with van der Waals surface area (Å²) in [4.78, 5) is 29.4. The molecule has 0 aliphatic carbocycles. The van der Waals surface area contributed by atoms with E-state index in [0.29, 0.717) is 16.1 Å². The number of carboxylic acid groups (broad SMARTS) is 1. The van der Waals surface area contributed by atoms with Crippen LogP contribution in [0.2, 0.25) is 0 Å². The standard InChI is InChI=1S/C15H21BrN4O3/c1-6-9-18-12(16)10(19(9)5)13(21)17-8-7-20(14(22)23)11(8)15(2,3)4/h6,8,11H,1,7H2,2-5H3,(H,17,21)(H,22,23). The lowest BCUT2D eigenvalue weighted by Gasteiger charge is -2.52. The lowest BCUT2D eigenvalue weighted by Crippen LogP contribution is -2.71. The number of likely N-dealkylation sites (tertiary alicyclic amines) is 1. The molecular formula is C15H21BrN4O3. The van der Waals surface area contributed by atoms with Gasteiger partial charge in [-0.05, 0) is 27.4 Å². The molecule has 0 spiro atoms. The molecule has 0 radical (unpaired) electrons. The average molecular weight is 385 g/mol. The number of nitrogens with one attached hydrogen (secondary N) is 1. The fraction of sp³-hybridized carbons (Fsp3) is 0.533. The zero-order valence-electron chi connectivity index (χ0n) is 13.6. The van der Waals surface area contributed by atoms with Crippen molar-refractivity contribution in [2.75, 3.05) is 6.54 Å². The molecule has 2 amide bonds. The van der Waals surface area contributed by atoms with Crippen molar-refractivity contribution in [2.45, 2.75) is 32.9 Å². The molecule has 23 heavy (non-hydrogen) atoms. The highest BCUT2D eigenvalue weighted by molar-refractivity contribution is 9.10. The highest BCUT2D eigenvalue weighted by Crippen LogP contribution is 2.34. The molecule has 2 atom stereocenters. The average Bonchev–Trinajstić information content (AvgIpc) is 2.65. The van der Waals surface area contributed by atoms with Crippen LogP contribution >= 0.6 is 15.9 Å². The molecule has 1 saturated heterocycles. The highest BCUT2D eigenvalue weighted by Gasteiger charge is 2.49. The molecule has 7 nitrogen and oxygen atoms in total. The number of aromatic nitrogens is 2. The van der Waals surface area contributed by atoms with E-state index < -0.39 is 6.09 Å². The molecule has 2 N–H and O–H groups in total. The van der Waals surface area contributed by atoms with Crippen molar-refractivity contribution in [3.8, 4) is 0 Å². The molecule has 8 heteroatoms. The molecule has 0 bridgehead atoms. The van der Waals surface area contributed by atoms with E-state index in [2.05, 4.69) is 32.8 Å². The second-order valence-corrected chi connectivity index (χ2v) is 7.45. The minimum Gasteiger partial charge on any atom is -0.465 e. The van der Waals surface area contributed by atoms with Crippen molar-refractivity contribution in [1.82, 2.24) is 19.8 Å². The molecule has 1 aliphatic rings. The Bertz CT molecular complexity index is 662. The molecule has 0 aromatic carbocycles. The molecule has 1 fully saturated rings. The van der Waals surface area contributed by atoms with Crippen molar-refractivity contribution in [3.63, 3.8) is 0 Å². The van der Waals surface area contributed by atoms with E-state index >= 15 is 0 Å². The van der Waals surface area contributed by atoms with E-state index in [4.69, 9.17) is 0 Å². The highest BCUT2D eigenvalue weighted by atomic mass is 79.9. The Morgan fingerprint density at radius 1 is 1.48 bits per heavy atom. The van der Waals surface area contributed by atoms with Gasteiger partial charge in [0.2, 0.25) is 0 Å². The number of imidazole rings is 1. The normalized spacial score (nSPS) is 20.8. The van der Waals surface area contributed by atoms with Crippen LogP contribution in [0.4, 0.5) is 4.79 Å². The van der Waals surface area contributed by atoms with E-state index in [0.717, 1.165) is 0 Å². The topological polar surface area (TPSA) is 87.5 Å². The zero-order valence-corrected chi connectivity index (χ0v) is 15.2. The summed E-state index contributed by atoms with van der Waals surface area (Å²) in [5, 5.41) is 12.2. The monoisotopic (exact) mass is 384 g/mol. The van der Waals surface area contributed by atoms with Crippen LogP contribution in [0.5, 0.6) is 0 Å². The van der Waals surface area contributed by atoms with E-state index in [1.54, 1.807) is 17.7 Å². The van der Waals surface area contributed by atoms with Crippen molar-refractivity contribution < 1.29 is 14.7 Å². The molecule has 0 saturated carbocycles.